The van der Waals surface area contributed by atoms with Crippen LogP contribution in [0.1, 0.15) is 5.69 Å². The number of hydrogen-bond acceptors (Lipinski definition) is 7. The Balaban J connectivity index is 2.48. The third-order valence-corrected chi connectivity index (χ3v) is 2.51. The monoisotopic (exact) mass is 278 g/mol. The molecule has 10 nitrogen and oxygen atoms in total. The molecule has 104 valence electrons. The lowest BCUT2D eigenvalue weighted by Gasteiger charge is -2.00. The quantitative estimate of drug-likeness (QED) is 0.622. The number of aromatic nitrogens is 3. The summed E-state index contributed by atoms with van der Waals surface area (Å²) in [6.07, 6.45) is 2.02. The molecule has 0 bridgehead atoms. The molecule has 2 N–H and O–H groups in total. The zero-order valence-electron chi connectivity index (χ0n) is 10.2. The van der Waals surface area contributed by atoms with Crippen LogP contribution >= 0.6 is 0 Å². The molecule has 10 heteroatoms. The van der Waals surface area contributed by atoms with Gasteiger partial charge in [-0.25, -0.2) is 4.68 Å². The molecule has 1 heterocycles. The zero-order chi connectivity index (χ0) is 14.7. The maximum atomic E-state index is 10.8. The van der Waals surface area contributed by atoms with Crippen LogP contribution in [0.2, 0.25) is 0 Å². The van der Waals surface area contributed by atoms with Crippen molar-refractivity contribution >= 4 is 11.4 Å². The van der Waals surface area contributed by atoms with Crippen molar-refractivity contribution in [3.05, 3.63) is 50.3 Å². The van der Waals surface area contributed by atoms with Gasteiger partial charge in [-0.15, -0.1) is 5.10 Å². The largest absolute Gasteiger partial charge is 0.330 e. The number of nitro groups is 2. The van der Waals surface area contributed by atoms with E-state index in [1.165, 1.54) is 23.0 Å². The minimum Gasteiger partial charge on any atom is -0.330 e. The Bertz CT molecular complexity index is 635. The smallest absolute Gasteiger partial charge is 0.278 e. The Morgan fingerprint density at radius 2 is 1.75 bits per heavy atom. The number of hydrogen-bond donors (Lipinski definition) is 1. The van der Waals surface area contributed by atoms with Gasteiger partial charge in [-0.05, 0) is 6.54 Å². The molecule has 0 saturated carbocycles. The van der Waals surface area contributed by atoms with Crippen molar-refractivity contribution in [2.24, 2.45) is 5.73 Å². The first kappa shape index (κ1) is 13.5. The van der Waals surface area contributed by atoms with Crippen LogP contribution in [0.3, 0.4) is 0 Å². The van der Waals surface area contributed by atoms with Gasteiger partial charge < -0.3 is 5.73 Å². The molecular formula is C10H10N6O4. The van der Waals surface area contributed by atoms with Crippen LogP contribution in [0.4, 0.5) is 11.4 Å². The zero-order valence-corrected chi connectivity index (χ0v) is 10.2. The molecule has 0 unspecified atom stereocenters. The van der Waals surface area contributed by atoms with E-state index < -0.39 is 9.85 Å². The molecule has 2 rings (SSSR count). The summed E-state index contributed by atoms with van der Waals surface area (Å²) >= 11 is 0. The third kappa shape index (κ3) is 2.75. The summed E-state index contributed by atoms with van der Waals surface area (Å²) in [4.78, 5) is 20.2. The maximum Gasteiger partial charge on any atom is 0.278 e. The summed E-state index contributed by atoms with van der Waals surface area (Å²) in [5.41, 5.74) is 5.41. The second-order valence-corrected chi connectivity index (χ2v) is 3.91. The molecule has 0 amide bonds. The molecule has 0 saturated heterocycles. The van der Waals surface area contributed by atoms with Crippen molar-refractivity contribution in [1.29, 1.82) is 0 Å². The highest BCUT2D eigenvalue weighted by Crippen LogP contribution is 2.24. The van der Waals surface area contributed by atoms with Gasteiger partial charge in [-0.2, -0.15) is 0 Å². The number of nitrogens with two attached hydrogens (primary N) is 1. The Kier molecular flexibility index (Phi) is 3.66. The Morgan fingerprint density at radius 1 is 1.15 bits per heavy atom. The second kappa shape index (κ2) is 5.40. The van der Waals surface area contributed by atoms with Crippen molar-refractivity contribution in [2.75, 3.05) is 6.54 Å². The van der Waals surface area contributed by atoms with Crippen molar-refractivity contribution in [2.45, 2.75) is 6.42 Å². The number of nitrogens with zero attached hydrogens (tertiary/aromatic N) is 5. The first-order valence-corrected chi connectivity index (χ1v) is 5.57. The van der Waals surface area contributed by atoms with Crippen LogP contribution in [0, 0.1) is 20.2 Å². The summed E-state index contributed by atoms with van der Waals surface area (Å²) in [7, 11) is 0. The average molecular weight is 278 g/mol. The van der Waals surface area contributed by atoms with E-state index in [2.05, 4.69) is 10.3 Å². The van der Waals surface area contributed by atoms with Crippen molar-refractivity contribution < 1.29 is 9.85 Å². The van der Waals surface area contributed by atoms with Gasteiger partial charge in [0.2, 0.25) is 0 Å². The fraction of sp³-hybridized carbons (Fsp3) is 0.200. The van der Waals surface area contributed by atoms with Crippen LogP contribution < -0.4 is 5.73 Å². The Morgan fingerprint density at radius 3 is 2.25 bits per heavy atom. The normalized spacial score (nSPS) is 10.4. The highest BCUT2D eigenvalue weighted by atomic mass is 16.6. The van der Waals surface area contributed by atoms with Gasteiger partial charge in [0.1, 0.15) is 0 Å². The minimum atomic E-state index is -0.700. The number of non-ortho nitro benzene ring substituents is 2. The molecule has 20 heavy (non-hydrogen) atoms. The topological polar surface area (TPSA) is 143 Å². The highest BCUT2D eigenvalue weighted by Gasteiger charge is 2.17. The van der Waals surface area contributed by atoms with E-state index >= 15 is 0 Å². The van der Waals surface area contributed by atoms with Crippen molar-refractivity contribution in [3.8, 4) is 5.69 Å². The van der Waals surface area contributed by atoms with Gasteiger partial charge in [0.25, 0.3) is 11.4 Å². The first-order valence-electron chi connectivity index (χ1n) is 5.57. The van der Waals surface area contributed by atoms with Gasteiger partial charge >= 0.3 is 0 Å². The molecule has 0 spiro atoms. The number of benzene rings is 1. The van der Waals surface area contributed by atoms with Gasteiger partial charge in [-0.1, -0.05) is 5.21 Å². The molecule has 0 aliphatic heterocycles. The van der Waals surface area contributed by atoms with Gasteiger partial charge in [0.05, 0.1) is 33.5 Å². The van der Waals surface area contributed by atoms with Crippen molar-refractivity contribution in [3.63, 3.8) is 0 Å². The Hall–Kier alpha value is -2.88. The van der Waals surface area contributed by atoms with E-state index in [-0.39, 0.29) is 17.1 Å². The lowest BCUT2D eigenvalue weighted by Crippen LogP contribution is -2.02. The fourth-order valence-electron chi connectivity index (χ4n) is 1.61. The molecule has 2 aromatic rings. The van der Waals surface area contributed by atoms with Gasteiger partial charge in [-0.3, -0.25) is 20.2 Å². The SMILES string of the molecule is NCCc1cn(-c2cc([N+](=O)[O-])cc([N+](=O)[O-])c2)nn1. The molecule has 0 aliphatic carbocycles. The molecule has 1 aromatic heterocycles. The first-order chi connectivity index (χ1) is 9.51. The van der Waals surface area contributed by atoms with Crippen LogP contribution in [0.5, 0.6) is 0 Å². The maximum absolute atomic E-state index is 10.8. The lowest BCUT2D eigenvalue weighted by molar-refractivity contribution is -0.394. The number of rotatable bonds is 5. The molecule has 0 radical (unpaired) electrons. The predicted molar refractivity (Wildman–Crippen MR) is 67.4 cm³/mol. The summed E-state index contributed by atoms with van der Waals surface area (Å²) in [5, 5.41) is 29.2. The van der Waals surface area contributed by atoms with Crippen LogP contribution in [0.25, 0.3) is 5.69 Å². The second-order valence-electron chi connectivity index (χ2n) is 3.91. The summed E-state index contributed by atoms with van der Waals surface area (Å²) in [5.74, 6) is 0. The molecule has 0 aliphatic rings. The van der Waals surface area contributed by atoms with E-state index in [1.54, 1.807) is 0 Å². The van der Waals surface area contributed by atoms with Crippen molar-refractivity contribution in [1.82, 2.24) is 15.0 Å². The molecule has 0 fully saturated rings. The van der Waals surface area contributed by atoms with E-state index in [0.29, 0.717) is 18.7 Å². The fourth-order valence-corrected chi connectivity index (χ4v) is 1.61. The molecule has 1 aromatic carbocycles. The van der Waals surface area contributed by atoms with E-state index in [0.717, 1.165) is 6.07 Å². The molecular weight excluding hydrogens is 268 g/mol. The van der Waals surface area contributed by atoms with E-state index in [1.807, 2.05) is 0 Å². The van der Waals surface area contributed by atoms with Gasteiger partial charge in [0.15, 0.2) is 0 Å². The summed E-state index contributed by atoms with van der Waals surface area (Å²) < 4.78 is 1.24. The van der Waals surface area contributed by atoms with Crippen LogP contribution in [-0.4, -0.2) is 31.4 Å². The highest BCUT2D eigenvalue weighted by molar-refractivity contribution is 5.52. The average Bonchev–Trinajstić information content (AvgIpc) is 2.87. The van der Waals surface area contributed by atoms with Crippen LogP contribution in [-0.2, 0) is 6.42 Å². The summed E-state index contributed by atoms with van der Waals surface area (Å²) in [6.45, 7) is 0.383. The third-order valence-electron chi connectivity index (χ3n) is 2.51. The predicted octanol–water partition coefficient (Wildman–Crippen LogP) is 0.585. The lowest BCUT2D eigenvalue weighted by atomic mass is 10.2. The Labute approximate surface area is 112 Å². The van der Waals surface area contributed by atoms with Gasteiger partial charge in [0, 0.05) is 18.6 Å². The number of nitro benzene ring substituents is 2. The summed E-state index contributed by atoms with van der Waals surface area (Å²) in [6, 6.07) is 3.27. The molecule has 0 atom stereocenters. The minimum absolute atomic E-state index is 0.196. The van der Waals surface area contributed by atoms with E-state index in [4.69, 9.17) is 5.73 Å². The van der Waals surface area contributed by atoms with E-state index in [9.17, 15) is 20.2 Å². The van der Waals surface area contributed by atoms with Crippen LogP contribution in [0.15, 0.2) is 24.4 Å². The standard InChI is InChI=1S/C10H10N6O4/c11-2-1-7-6-14(13-12-7)8-3-9(15(17)18)5-10(4-8)16(19)20/h3-6H,1-2,11H2.